The fourth-order valence-corrected chi connectivity index (χ4v) is 5.30. The summed E-state index contributed by atoms with van der Waals surface area (Å²) >= 11 is 3.25. The van der Waals surface area contributed by atoms with Crippen LogP contribution in [0.25, 0.3) is 42.7 Å². The molecular weight excluding hydrogens is 392 g/mol. The third-order valence-corrected chi connectivity index (χ3v) is 6.94. The van der Waals surface area contributed by atoms with Gasteiger partial charge in [0.15, 0.2) is 0 Å². The summed E-state index contributed by atoms with van der Waals surface area (Å²) in [4.78, 5) is 5.86. The molecule has 0 atom stereocenters. The van der Waals surface area contributed by atoms with Gasteiger partial charge in [0, 0.05) is 16.0 Å². The van der Waals surface area contributed by atoms with E-state index in [0.717, 1.165) is 36.8 Å². The molecule has 2 nitrogen and oxygen atoms in total. The zero-order chi connectivity index (χ0) is 19.8. The quantitative estimate of drug-likeness (QED) is 0.292. The van der Waals surface area contributed by atoms with Gasteiger partial charge >= 0.3 is 0 Å². The zero-order valence-corrected chi connectivity index (χ0v) is 17.3. The molecule has 0 radical (unpaired) electrons. The average Bonchev–Trinajstić information content (AvgIpc) is 3.23. The molecule has 138 valence electrons. The lowest BCUT2D eigenvalue weighted by Crippen LogP contribution is -1.88. The summed E-state index contributed by atoms with van der Waals surface area (Å²) in [7, 11) is 0. The predicted molar refractivity (Wildman–Crippen MR) is 124 cm³/mol. The molecule has 0 N–H and O–H groups in total. The number of thiazole rings is 1. The van der Waals surface area contributed by atoms with Crippen LogP contribution in [0.5, 0.6) is 0 Å². The van der Waals surface area contributed by atoms with Gasteiger partial charge in [-0.05, 0) is 34.7 Å². The lowest BCUT2D eigenvalue weighted by atomic mass is 9.99. The summed E-state index contributed by atoms with van der Waals surface area (Å²) in [5.74, 6) is 0. The van der Waals surface area contributed by atoms with Crippen molar-refractivity contribution >= 4 is 44.1 Å². The predicted octanol–water partition coefficient (Wildman–Crippen LogP) is 7.38. The highest BCUT2D eigenvalue weighted by atomic mass is 32.2. The van der Waals surface area contributed by atoms with Gasteiger partial charge in [-0.1, -0.05) is 66.7 Å². The van der Waals surface area contributed by atoms with Crippen LogP contribution >= 0.6 is 23.1 Å². The molecule has 5 rings (SSSR count). The second-order valence-corrected chi connectivity index (χ2v) is 8.59. The lowest BCUT2D eigenvalue weighted by molar-refractivity contribution is 1.37. The van der Waals surface area contributed by atoms with E-state index in [1.54, 1.807) is 23.1 Å². The van der Waals surface area contributed by atoms with Gasteiger partial charge in [-0.3, -0.25) is 0 Å². The number of thioether (sulfide) groups is 1. The number of rotatable bonds is 3. The second-order valence-electron chi connectivity index (χ2n) is 6.74. The third kappa shape index (κ3) is 3.09. The molecule has 0 bridgehead atoms. The monoisotopic (exact) mass is 408 g/mol. The Morgan fingerprint density at radius 3 is 2.38 bits per heavy atom. The minimum absolute atomic E-state index is 0.662. The number of nitriles is 1. The van der Waals surface area contributed by atoms with Crippen molar-refractivity contribution in [1.82, 2.24) is 4.98 Å². The number of hydrogen-bond acceptors (Lipinski definition) is 4. The molecule has 0 saturated carbocycles. The highest BCUT2D eigenvalue weighted by Gasteiger charge is 2.18. The van der Waals surface area contributed by atoms with Gasteiger partial charge in [0.2, 0.25) is 0 Å². The smallest absolute Gasteiger partial charge is 0.124 e. The topological polar surface area (TPSA) is 36.7 Å². The molecule has 5 aromatic rings. The Morgan fingerprint density at radius 2 is 1.62 bits per heavy atom. The Kier molecular flexibility index (Phi) is 4.55. The van der Waals surface area contributed by atoms with E-state index in [4.69, 9.17) is 4.98 Å². The maximum atomic E-state index is 9.83. The van der Waals surface area contributed by atoms with Gasteiger partial charge in [0.1, 0.15) is 16.6 Å². The minimum atomic E-state index is 0.662. The zero-order valence-electron chi connectivity index (χ0n) is 15.7. The Morgan fingerprint density at radius 1 is 0.862 bits per heavy atom. The van der Waals surface area contributed by atoms with Crippen molar-refractivity contribution in [3.05, 3.63) is 84.4 Å². The second kappa shape index (κ2) is 7.36. The summed E-state index contributed by atoms with van der Waals surface area (Å²) in [6.07, 6.45) is 2.01. The number of benzene rings is 4. The van der Waals surface area contributed by atoms with Crippen molar-refractivity contribution in [1.29, 1.82) is 5.26 Å². The molecule has 0 aliphatic heterocycles. The van der Waals surface area contributed by atoms with Crippen LogP contribution in [0.2, 0.25) is 0 Å². The van der Waals surface area contributed by atoms with E-state index in [0.29, 0.717) is 5.56 Å². The van der Waals surface area contributed by atoms with E-state index in [1.807, 2.05) is 24.5 Å². The first kappa shape index (κ1) is 17.9. The lowest BCUT2D eigenvalue weighted by Gasteiger charge is -2.09. The molecule has 0 unspecified atom stereocenters. The van der Waals surface area contributed by atoms with E-state index in [9.17, 15) is 5.26 Å². The van der Waals surface area contributed by atoms with E-state index < -0.39 is 0 Å². The van der Waals surface area contributed by atoms with E-state index in [1.165, 1.54) is 10.8 Å². The van der Waals surface area contributed by atoms with Crippen LogP contribution in [-0.4, -0.2) is 11.2 Å². The fraction of sp³-hybridized carbons (Fsp3) is 0.0400. The molecule has 1 heterocycles. The Bertz CT molecular complexity index is 1400. The van der Waals surface area contributed by atoms with Gasteiger partial charge in [0.25, 0.3) is 0 Å². The molecule has 1 aromatic heterocycles. The number of fused-ring (bicyclic) bond motifs is 2. The molecule has 0 fully saturated rings. The minimum Gasteiger partial charge on any atom is -0.235 e. The summed E-state index contributed by atoms with van der Waals surface area (Å²) < 4.78 is 1.06. The normalized spacial score (nSPS) is 11.0. The van der Waals surface area contributed by atoms with Gasteiger partial charge < -0.3 is 0 Å². The van der Waals surface area contributed by atoms with Gasteiger partial charge in [-0.15, -0.1) is 23.1 Å². The van der Waals surface area contributed by atoms with E-state index in [2.05, 4.69) is 66.7 Å². The molecule has 29 heavy (non-hydrogen) atoms. The van der Waals surface area contributed by atoms with Crippen LogP contribution in [0.1, 0.15) is 5.56 Å². The Hall–Kier alpha value is -3.13. The van der Waals surface area contributed by atoms with E-state index >= 15 is 0 Å². The molecule has 0 aliphatic carbocycles. The van der Waals surface area contributed by atoms with Crippen molar-refractivity contribution < 1.29 is 0 Å². The maximum absolute atomic E-state index is 9.83. The molecule has 0 spiro atoms. The van der Waals surface area contributed by atoms with Crippen molar-refractivity contribution in [3.63, 3.8) is 0 Å². The average molecular weight is 409 g/mol. The van der Waals surface area contributed by atoms with Crippen molar-refractivity contribution in [2.24, 2.45) is 0 Å². The molecule has 0 amide bonds. The first-order chi connectivity index (χ1) is 14.3. The maximum Gasteiger partial charge on any atom is 0.124 e. The van der Waals surface area contributed by atoms with Crippen LogP contribution in [0.4, 0.5) is 0 Å². The van der Waals surface area contributed by atoms with Crippen LogP contribution in [0.3, 0.4) is 0 Å². The van der Waals surface area contributed by atoms with Crippen LogP contribution in [0.15, 0.2) is 83.8 Å². The van der Waals surface area contributed by atoms with Crippen LogP contribution in [0, 0.1) is 11.3 Å². The molecular formula is C25H16N2S2. The highest BCUT2D eigenvalue weighted by Crippen LogP contribution is 2.42. The van der Waals surface area contributed by atoms with Gasteiger partial charge in [0.05, 0.1) is 10.3 Å². The molecule has 4 aromatic carbocycles. The Balaban J connectivity index is 1.82. The van der Waals surface area contributed by atoms with Crippen LogP contribution < -0.4 is 0 Å². The van der Waals surface area contributed by atoms with Gasteiger partial charge in [-0.25, -0.2) is 4.98 Å². The summed E-state index contributed by atoms with van der Waals surface area (Å²) in [5.41, 5.74) is 4.82. The first-order valence-electron chi connectivity index (χ1n) is 9.24. The standard InChI is InChI=1S/C25H16N2S2/c1-28-22-14-20(19-12-11-16-7-5-6-10-18(16)13-19)24-23(21(22)15-26)27-25(29-24)17-8-3-2-4-9-17/h2-14H,1H3. The van der Waals surface area contributed by atoms with Crippen molar-refractivity contribution in [2.45, 2.75) is 4.90 Å². The van der Waals surface area contributed by atoms with Gasteiger partial charge in [-0.2, -0.15) is 5.26 Å². The number of hydrogen-bond donors (Lipinski definition) is 0. The number of nitrogens with zero attached hydrogens (tertiary/aromatic N) is 2. The molecule has 0 saturated heterocycles. The summed E-state index contributed by atoms with van der Waals surface area (Å²) in [5, 5.41) is 13.2. The summed E-state index contributed by atoms with van der Waals surface area (Å²) in [6.45, 7) is 0. The van der Waals surface area contributed by atoms with Crippen molar-refractivity contribution in [3.8, 4) is 27.8 Å². The molecule has 0 aliphatic rings. The fourth-order valence-electron chi connectivity index (χ4n) is 3.60. The molecule has 4 heteroatoms. The summed E-state index contributed by atoms with van der Waals surface area (Å²) in [6, 6.07) is 29.6. The van der Waals surface area contributed by atoms with Crippen molar-refractivity contribution in [2.75, 3.05) is 6.26 Å². The van der Waals surface area contributed by atoms with E-state index in [-0.39, 0.29) is 0 Å². The SMILES string of the molecule is CSc1cc(-c2ccc3ccccc3c2)c2sc(-c3ccccc3)nc2c1C#N. The largest absolute Gasteiger partial charge is 0.235 e. The third-order valence-electron chi connectivity index (χ3n) is 5.04. The highest BCUT2D eigenvalue weighted by molar-refractivity contribution is 7.98. The van der Waals surface area contributed by atoms with Crippen LogP contribution in [-0.2, 0) is 0 Å². The Labute approximate surface area is 177 Å². The number of aromatic nitrogens is 1. The first-order valence-corrected chi connectivity index (χ1v) is 11.3.